The van der Waals surface area contributed by atoms with Crippen molar-refractivity contribution in [3.05, 3.63) is 11.0 Å². The predicted molar refractivity (Wildman–Crippen MR) is 39.6 cm³/mol. The van der Waals surface area contributed by atoms with Gasteiger partial charge in [-0.15, -0.1) is 0 Å². The molecule has 1 nitrogen and oxygen atoms in total. The van der Waals surface area contributed by atoms with Gasteiger partial charge in [-0.1, -0.05) is 0 Å². The molecule has 0 aliphatic carbocycles. The fourth-order valence-corrected chi connectivity index (χ4v) is 1.23. The fraction of sp³-hybridized carbons (Fsp3) is 0.667. The molecule has 0 bridgehead atoms. The number of hydrogen-bond acceptors (Lipinski definition) is 1. The van der Waals surface area contributed by atoms with Gasteiger partial charge >= 0.3 is 53.2 Å². The molecule has 2 heteroatoms. The molecule has 0 fully saturated rings. The zero-order valence-electron chi connectivity index (χ0n) is 5.86. The van der Waals surface area contributed by atoms with Gasteiger partial charge in [0.25, 0.3) is 0 Å². The van der Waals surface area contributed by atoms with Gasteiger partial charge in [0, 0.05) is 0 Å². The van der Waals surface area contributed by atoms with Crippen LogP contribution < -0.4 is 0 Å². The quantitative estimate of drug-likeness (QED) is 0.628. The van der Waals surface area contributed by atoms with E-state index in [1.54, 1.807) is 0 Å². The molecule has 0 radical (unpaired) electrons. The monoisotopic (exact) mass is 176 g/mol. The Balaban J connectivity index is 3.82. The van der Waals surface area contributed by atoms with E-state index in [2.05, 4.69) is 23.8 Å². The van der Waals surface area contributed by atoms with Gasteiger partial charge < -0.3 is 0 Å². The standard InChI is InChI=1S/C6H14GeO/c1-6(5-8)7(2,3)4/h8H,1,5H2,2-4H3. The van der Waals surface area contributed by atoms with E-state index < -0.39 is 13.3 Å². The van der Waals surface area contributed by atoms with Crippen molar-refractivity contribution in [3.63, 3.8) is 0 Å². The summed E-state index contributed by atoms with van der Waals surface area (Å²) in [5, 5.41) is 8.62. The molecule has 48 valence electrons. The van der Waals surface area contributed by atoms with Gasteiger partial charge in [0.2, 0.25) is 0 Å². The van der Waals surface area contributed by atoms with Crippen LogP contribution in [0.25, 0.3) is 0 Å². The first-order chi connectivity index (χ1) is 3.48. The first-order valence-electron chi connectivity index (χ1n) is 2.77. The first-order valence-corrected chi connectivity index (χ1v) is 10.1. The number of aliphatic hydroxyl groups excluding tert-OH is 1. The van der Waals surface area contributed by atoms with E-state index in [1.807, 2.05) is 0 Å². The third kappa shape index (κ3) is 2.53. The molecule has 0 aromatic carbocycles. The Morgan fingerprint density at radius 2 is 1.88 bits per heavy atom. The average Bonchev–Trinajstić information content (AvgIpc) is 1.62. The van der Waals surface area contributed by atoms with E-state index in [4.69, 9.17) is 5.11 Å². The summed E-state index contributed by atoms with van der Waals surface area (Å²) in [6, 6.07) is 0. The van der Waals surface area contributed by atoms with Gasteiger partial charge in [0.1, 0.15) is 0 Å². The van der Waals surface area contributed by atoms with Crippen LogP contribution in [-0.2, 0) is 0 Å². The van der Waals surface area contributed by atoms with Gasteiger partial charge in [-0.05, 0) is 0 Å². The Morgan fingerprint density at radius 1 is 1.50 bits per heavy atom. The maximum absolute atomic E-state index is 8.62. The normalized spacial score (nSPS) is 11.5. The Hall–Kier alpha value is 0.243. The number of rotatable bonds is 2. The van der Waals surface area contributed by atoms with Crippen molar-refractivity contribution in [2.75, 3.05) is 6.61 Å². The second kappa shape index (κ2) is 2.69. The summed E-state index contributed by atoms with van der Waals surface area (Å²) in [5.41, 5.74) is 0. The van der Waals surface area contributed by atoms with Crippen LogP contribution in [0.2, 0.25) is 17.3 Å². The molecule has 0 aliphatic rings. The Bertz CT molecular complexity index is 91.2. The van der Waals surface area contributed by atoms with Gasteiger partial charge in [0.05, 0.1) is 0 Å². The number of aliphatic hydroxyl groups is 1. The van der Waals surface area contributed by atoms with Crippen molar-refractivity contribution in [2.45, 2.75) is 17.3 Å². The van der Waals surface area contributed by atoms with Crippen LogP contribution >= 0.6 is 0 Å². The molecule has 0 aromatic rings. The molecule has 0 aromatic heterocycles. The summed E-state index contributed by atoms with van der Waals surface area (Å²) < 4.78 is 1.07. The van der Waals surface area contributed by atoms with Gasteiger partial charge in [0.15, 0.2) is 0 Å². The van der Waals surface area contributed by atoms with Crippen LogP contribution in [-0.4, -0.2) is 25.0 Å². The van der Waals surface area contributed by atoms with Crippen LogP contribution in [0.4, 0.5) is 0 Å². The molecular formula is C6H14GeO. The second-order valence-electron chi connectivity index (χ2n) is 3.01. The van der Waals surface area contributed by atoms with Gasteiger partial charge in [-0.25, -0.2) is 0 Å². The van der Waals surface area contributed by atoms with Crippen molar-refractivity contribution in [1.82, 2.24) is 0 Å². The fourth-order valence-electron chi connectivity index (χ4n) is 0.237. The Kier molecular flexibility index (Phi) is 2.77. The summed E-state index contributed by atoms with van der Waals surface area (Å²) in [6.07, 6.45) is 0. The topological polar surface area (TPSA) is 20.2 Å². The van der Waals surface area contributed by atoms with Crippen LogP contribution in [0.5, 0.6) is 0 Å². The van der Waals surface area contributed by atoms with E-state index in [1.165, 1.54) is 0 Å². The molecule has 0 atom stereocenters. The molecule has 0 aliphatic heterocycles. The number of hydrogen-bond donors (Lipinski definition) is 1. The van der Waals surface area contributed by atoms with E-state index in [0.29, 0.717) is 0 Å². The van der Waals surface area contributed by atoms with Crippen LogP contribution in [0.15, 0.2) is 11.0 Å². The van der Waals surface area contributed by atoms with Gasteiger partial charge in [-0.2, -0.15) is 0 Å². The molecule has 0 heterocycles. The molecule has 8 heavy (non-hydrogen) atoms. The Labute approximate surface area is 53.8 Å². The molecule has 1 N–H and O–H groups in total. The molecule has 0 saturated heterocycles. The molecule has 0 unspecified atom stereocenters. The molecule has 0 spiro atoms. The molecule has 0 saturated carbocycles. The van der Waals surface area contributed by atoms with Crippen molar-refractivity contribution in [2.24, 2.45) is 0 Å². The van der Waals surface area contributed by atoms with Crippen molar-refractivity contribution >= 4 is 13.3 Å². The zero-order chi connectivity index (χ0) is 6.78. The van der Waals surface area contributed by atoms with Gasteiger partial charge in [-0.3, -0.25) is 0 Å². The van der Waals surface area contributed by atoms with E-state index in [0.717, 1.165) is 4.41 Å². The van der Waals surface area contributed by atoms with E-state index >= 15 is 0 Å². The predicted octanol–water partition coefficient (Wildman–Crippen LogP) is 1.41. The first kappa shape index (κ1) is 8.24. The summed E-state index contributed by atoms with van der Waals surface area (Å²) >= 11 is -1.65. The van der Waals surface area contributed by atoms with Crippen molar-refractivity contribution in [3.8, 4) is 0 Å². The minimum absolute atomic E-state index is 0.184. The summed E-state index contributed by atoms with van der Waals surface area (Å²) in [7, 11) is 0. The van der Waals surface area contributed by atoms with E-state index in [-0.39, 0.29) is 6.61 Å². The Morgan fingerprint density at radius 3 is 1.88 bits per heavy atom. The van der Waals surface area contributed by atoms with Crippen LogP contribution in [0.1, 0.15) is 0 Å². The average molecular weight is 175 g/mol. The minimum atomic E-state index is -1.65. The zero-order valence-corrected chi connectivity index (χ0v) is 7.96. The molecule has 0 amide bonds. The van der Waals surface area contributed by atoms with Crippen molar-refractivity contribution < 1.29 is 5.11 Å². The SMILES string of the molecule is C=[C](CO)[Ge]([CH3])([CH3])[CH3]. The summed E-state index contributed by atoms with van der Waals surface area (Å²) in [5.74, 6) is 6.66. The maximum atomic E-state index is 8.62. The molecular weight excluding hydrogens is 161 g/mol. The van der Waals surface area contributed by atoms with Crippen molar-refractivity contribution in [1.29, 1.82) is 0 Å². The second-order valence-corrected chi connectivity index (χ2v) is 13.9. The summed E-state index contributed by atoms with van der Waals surface area (Å²) in [6.45, 7) is 3.96. The van der Waals surface area contributed by atoms with Crippen LogP contribution in [0.3, 0.4) is 0 Å². The third-order valence-corrected chi connectivity index (χ3v) is 6.03. The summed E-state index contributed by atoms with van der Waals surface area (Å²) in [4.78, 5) is 0. The van der Waals surface area contributed by atoms with E-state index in [9.17, 15) is 0 Å². The molecule has 0 rings (SSSR count). The van der Waals surface area contributed by atoms with Crippen LogP contribution in [0, 0.1) is 0 Å². The third-order valence-electron chi connectivity index (χ3n) is 1.25.